The van der Waals surface area contributed by atoms with Gasteiger partial charge in [0.05, 0.1) is 6.42 Å². The van der Waals surface area contributed by atoms with Crippen molar-refractivity contribution in [1.82, 2.24) is 20.1 Å². The Labute approximate surface area is 108 Å². The number of aromatic nitrogens is 3. The highest BCUT2D eigenvalue weighted by atomic mass is 16.1. The van der Waals surface area contributed by atoms with Crippen molar-refractivity contribution in [2.45, 2.75) is 45.6 Å². The predicted molar refractivity (Wildman–Crippen MR) is 69.2 cm³/mol. The third kappa shape index (κ3) is 3.63. The Kier molecular flexibility index (Phi) is 4.87. The largest absolute Gasteiger partial charge is 0.316 e. The number of nitrogens with one attached hydrogen (secondary N) is 1. The first kappa shape index (κ1) is 13.2. The molecule has 0 spiro atoms. The van der Waals surface area contributed by atoms with Crippen molar-refractivity contribution >= 4 is 5.78 Å². The van der Waals surface area contributed by atoms with Gasteiger partial charge in [0.15, 0.2) is 0 Å². The molecule has 5 heteroatoms. The van der Waals surface area contributed by atoms with Gasteiger partial charge in [-0.1, -0.05) is 6.92 Å². The van der Waals surface area contributed by atoms with Gasteiger partial charge in [0, 0.05) is 13.0 Å². The zero-order valence-corrected chi connectivity index (χ0v) is 11.1. The van der Waals surface area contributed by atoms with E-state index in [-0.39, 0.29) is 5.78 Å². The van der Waals surface area contributed by atoms with E-state index in [0.717, 1.165) is 31.9 Å². The quantitative estimate of drug-likeness (QED) is 0.824. The number of ketones is 1. The standard InChI is InChI=1S/C13H22N4O/c1-2-6-17-13(15-10-16-17)8-12(18)7-11-4-3-5-14-9-11/h10-11,14H,2-9H2,1H3. The summed E-state index contributed by atoms with van der Waals surface area (Å²) in [6.07, 6.45) is 6.00. The first-order valence-electron chi connectivity index (χ1n) is 6.88. The van der Waals surface area contributed by atoms with Crippen LogP contribution in [0.4, 0.5) is 0 Å². The van der Waals surface area contributed by atoms with E-state index in [1.54, 1.807) is 6.33 Å². The monoisotopic (exact) mass is 250 g/mol. The van der Waals surface area contributed by atoms with E-state index in [9.17, 15) is 4.79 Å². The number of carbonyl (C=O) groups is 1. The van der Waals surface area contributed by atoms with Crippen LogP contribution in [0.25, 0.3) is 0 Å². The van der Waals surface area contributed by atoms with Gasteiger partial charge < -0.3 is 5.32 Å². The van der Waals surface area contributed by atoms with Gasteiger partial charge in [0.1, 0.15) is 17.9 Å². The maximum absolute atomic E-state index is 12.0. The molecule has 2 rings (SSSR count). The first-order valence-corrected chi connectivity index (χ1v) is 6.88. The number of Topliss-reactive ketones (excluding diaryl/α,β-unsaturated/α-hetero) is 1. The lowest BCUT2D eigenvalue weighted by molar-refractivity contribution is -0.119. The van der Waals surface area contributed by atoms with Crippen molar-refractivity contribution < 1.29 is 4.79 Å². The van der Waals surface area contributed by atoms with E-state index < -0.39 is 0 Å². The SMILES string of the molecule is CCCn1ncnc1CC(=O)CC1CCCNC1. The molecule has 1 N–H and O–H groups in total. The summed E-state index contributed by atoms with van der Waals surface area (Å²) in [5, 5.41) is 7.49. The minimum absolute atomic E-state index is 0.286. The number of hydrogen-bond acceptors (Lipinski definition) is 4. The van der Waals surface area contributed by atoms with E-state index in [1.807, 2.05) is 4.68 Å². The molecule has 0 amide bonds. The van der Waals surface area contributed by atoms with Gasteiger partial charge in [-0.25, -0.2) is 9.67 Å². The lowest BCUT2D eigenvalue weighted by Gasteiger charge is -2.21. The summed E-state index contributed by atoms with van der Waals surface area (Å²) in [7, 11) is 0. The number of carbonyl (C=O) groups excluding carboxylic acids is 1. The lowest BCUT2D eigenvalue weighted by Crippen LogP contribution is -2.31. The number of aryl methyl sites for hydroxylation is 1. The average molecular weight is 250 g/mol. The van der Waals surface area contributed by atoms with Gasteiger partial charge in [-0.2, -0.15) is 5.10 Å². The molecule has 1 aromatic heterocycles. The number of piperidine rings is 1. The van der Waals surface area contributed by atoms with E-state index in [0.29, 0.717) is 18.8 Å². The van der Waals surface area contributed by atoms with Crippen molar-refractivity contribution in [3.8, 4) is 0 Å². The second kappa shape index (κ2) is 6.64. The maximum atomic E-state index is 12.0. The van der Waals surface area contributed by atoms with Crippen LogP contribution >= 0.6 is 0 Å². The van der Waals surface area contributed by atoms with E-state index in [4.69, 9.17) is 0 Å². The molecule has 0 aromatic carbocycles. The molecule has 1 atom stereocenters. The third-order valence-electron chi connectivity index (χ3n) is 3.40. The molecular formula is C13H22N4O. The topological polar surface area (TPSA) is 59.8 Å². The molecule has 1 fully saturated rings. The van der Waals surface area contributed by atoms with Crippen molar-refractivity contribution in [3.63, 3.8) is 0 Å². The van der Waals surface area contributed by atoms with Crippen molar-refractivity contribution in [2.24, 2.45) is 5.92 Å². The van der Waals surface area contributed by atoms with Crippen molar-refractivity contribution in [2.75, 3.05) is 13.1 Å². The van der Waals surface area contributed by atoms with Gasteiger partial charge in [-0.3, -0.25) is 4.79 Å². The van der Waals surface area contributed by atoms with Crippen LogP contribution in [0.1, 0.15) is 38.4 Å². The predicted octanol–water partition coefficient (Wildman–Crippen LogP) is 1.19. The zero-order valence-electron chi connectivity index (χ0n) is 11.1. The minimum Gasteiger partial charge on any atom is -0.316 e. The fraction of sp³-hybridized carbons (Fsp3) is 0.769. The summed E-state index contributed by atoms with van der Waals surface area (Å²) in [6.45, 7) is 5.01. The average Bonchev–Trinajstić information content (AvgIpc) is 2.78. The van der Waals surface area contributed by atoms with Gasteiger partial charge in [-0.05, 0) is 38.3 Å². The molecule has 0 saturated carbocycles. The summed E-state index contributed by atoms with van der Waals surface area (Å²) in [4.78, 5) is 16.2. The van der Waals surface area contributed by atoms with Crippen molar-refractivity contribution in [1.29, 1.82) is 0 Å². The van der Waals surface area contributed by atoms with E-state index >= 15 is 0 Å². The molecule has 1 unspecified atom stereocenters. The lowest BCUT2D eigenvalue weighted by atomic mass is 9.93. The molecule has 100 valence electrons. The molecule has 1 saturated heterocycles. The van der Waals surface area contributed by atoms with Gasteiger partial charge >= 0.3 is 0 Å². The molecule has 5 nitrogen and oxygen atoms in total. The minimum atomic E-state index is 0.286. The first-order chi connectivity index (χ1) is 8.79. The van der Waals surface area contributed by atoms with Crippen LogP contribution in [-0.4, -0.2) is 33.6 Å². The normalized spacial score (nSPS) is 19.9. The molecule has 18 heavy (non-hydrogen) atoms. The smallest absolute Gasteiger partial charge is 0.140 e. The van der Waals surface area contributed by atoms with Gasteiger partial charge in [0.25, 0.3) is 0 Å². The molecule has 1 aliphatic heterocycles. The Balaban J connectivity index is 1.84. The Hall–Kier alpha value is -1.23. The van der Waals surface area contributed by atoms with Crippen LogP contribution in [0.5, 0.6) is 0 Å². The van der Waals surface area contributed by atoms with E-state index in [1.165, 1.54) is 12.8 Å². The highest BCUT2D eigenvalue weighted by Crippen LogP contribution is 2.15. The Bertz CT molecular complexity index is 382. The third-order valence-corrected chi connectivity index (χ3v) is 3.40. The Morgan fingerprint density at radius 2 is 2.50 bits per heavy atom. The molecular weight excluding hydrogens is 228 g/mol. The molecule has 1 aliphatic rings. The molecule has 1 aromatic rings. The second-order valence-electron chi connectivity index (χ2n) is 5.03. The molecule has 0 bridgehead atoms. The van der Waals surface area contributed by atoms with E-state index in [2.05, 4.69) is 22.3 Å². The summed E-state index contributed by atoms with van der Waals surface area (Å²) >= 11 is 0. The van der Waals surface area contributed by atoms with Crippen LogP contribution in [-0.2, 0) is 17.8 Å². The summed E-state index contributed by atoms with van der Waals surface area (Å²) in [5.74, 6) is 1.61. The second-order valence-corrected chi connectivity index (χ2v) is 5.03. The fourth-order valence-corrected chi connectivity index (χ4v) is 2.49. The van der Waals surface area contributed by atoms with Crippen LogP contribution in [0.15, 0.2) is 6.33 Å². The highest BCUT2D eigenvalue weighted by Gasteiger charge is 2.18. The van der Waals surface area contributed by atoms with Crippen LogP contribution in [0, 0.1) is 5.92 Å². The Morgan fingerprint density at radius 3 is 3.22 bits per heavy atom. The number of rotatable bonds is 6. The highest BCUT2D eigenvalue weighted by molar-refractivity contribution is 5.80. The number of nitrogens with zero attached hydrogens (tertiary/aromatic N) is 3. The van der Waals surface area contributed by atoms with Gasteiger partial charge in [-0.15, -0.1) is 0 Å². The van der Waals surface area contributed by atoms with Crippen LogP contribution in [0.3, 0.4) is 0 Å². The number of hydrogen-bond donors (Lipinski definition) is 1. The summed E-state index contributed by atoms with van der Waals surface area (Å²) in [6, 6.07) is 0. The zero-order chi connectivity index (χ0) is 12.8. The van der Waals surface area contributed by atoms with Crippen LogP contribution < -0.4 is 5.32 Å². The van der Waals surface area contributed by atoms with Crippen molar-refractivity contribution in [3.05, 3.63) is 12.2 Å². The summed E-state index contributed by atoms with van der Waals surface area (Å²) in [5.41, 5.74) is 0. The Morgan fingerprint density at radius 1 is 1.61 bits per heavy atom. The molecule has 2 heterocycles. The summed E-state index contributed by atoms with van der Waals surface area (Å²) < 4.78 is 1.84. The van der Waals surface area contributed by atoms with Crippen LogP contribution in [0.2, 0.25) is 0 Å². The molecule has 0 aliphatic carbocycles. The fourth-order valence-electron chi connectivity index (χ4n) is 2.49. The molecule has 0 radical (unpaired) electrons. The maximum Gasteiger partial charge on any atom is 0.140 e. The van der Waals surface area contributed by atoms with Gasteiger partial charge in [0.2, 0.25) is 0 Å².